The lowest BCUT2D eigenvalue weighted by Crippen LogP contribution is -2.49. The number of halogens is 1. The Balaban J connectivity index is 1.35. The van der Waals surface area contributed by atoms with Gasteiger partial charge in [-0.3, -0.25) is 4.79 Å². The van der Waals surface area contributed by atoms with Gasteiger partial charge in [0.1, 0.15) is 12.4 Å². The molecule has 33 heavy (non-hydrogen) atoms. The summed E-state index contributed by atoms with van der Waals surface area (Å²) in [5.41, 5.74) is 10.4. The van der Waals surface area contributed by atoms with Crippen LogP contribution in [0.4, 0.5) is 14.9 Å². The predicted octanol–water partition coefficient (Wildman–Crippen LogP) is 3.85. The first-order chi connectivity index (χ1) is 16.1. The Morgan fingerprint density at radius 3 is 2.64 bits per heavy atom. The van der Waals surface area contributed by atoms with Crippen LogP contribution in [0.5, 0.6) is 0 Å². The third kappa shape index (κ3) is 5.18. The molecule has 2 aliphatic rings. The average Bonchev–Trinajstić information content (AvgIpc) is 3.22. The number of anilines is 1. The van der Waals surface area contributed by atoms with Gasteiger partial charge in [-0.2, -0.15) is 0 Å². The van der Waals surface area contributed by atoms with Crippen LogP contribution in [0.2, 0.25) is 0 Å². The van der Waals surface area contributed by atoms with Gasteiger partial charge in [0.05, 0.1) is 18.2 Å². The number of cyclic esters (lactones) is 1. The number of carbonyl (C=O) groups is 2. The molecule has 0 spiro atoms. The first-order valence-corrected chi connectivity index (χ1v) is 10.7. The second kappa shape index (κ2) is 10.2. The van der Waals surface area contributed by atoms with Crippen LogP contribution in [0.25, 0.3) is 10.4 Å². The summed E-state index contributed by atoms with van der Waals surface area (Å²) in [5.74, 6) is -1.86. The van der Waals surface area contributed by atoms with Gasteiger partial charge in [0.15, 0.2) is 0 Å². The molecule has 0 aliphatic carbocycles. The van der Waals surface area contributed by atoms with E-state index in [1.165, 1.54) is 6.07 Å². The number of amides is 1. The smallest absolute Gasteiger partial charge is 0.410 e. The number of ether oxygens (including phenoxy) is 2. The maximum Gasteiger partial charge on any atom is 0.410 e. The third-order valence-corrected chi connectivity index (χ3v) is 5.96. The van der Waals surface area contributed by atoms with Crippen molar-refractivity contribution in [3.05, 3.63) is 75.9 Å². The van der Waals surface area contributed by atoms with E-state index in [-0.39, 0.29) is 31.8 Å². The van der Waals surface area contributed by atoms with Crippen molar-refractivity contribution in [2.45, 2.75) is 12.5 Å². The predicted molar refractivity (Wildman–Crippen MR) is 118 cm³/mol. The number of carbonyl (C=O) groups excluding carboxylic acids is 2. The molecular weight excluding hydrogens is 429 g/mol. The molecule has 172 valence electrons. The minimum atomic E-state index is -0.657. The summed E-state index contributed by atoms with van der Waals surface area (Å²) < 4.78 is 25.4. The van der Waals surface area contributed by atoms with Crippen LogP contribution in [-0.2, 0) is 20.9 Å². The van der Waals surface area contributed by atoms with E-state index in [2.05, 4.69) is 10.0 Å². The fraction of sp³-hybridized carbons (Fsp3) is 0.391. The highest BCUT2D eigenvalue weighted by molar-refractivity contribution is 5.80. The van der Waals surface area contributed by atoms with Crippen molar-refractivity contribution < 1.29 is 23.5 Å². The number of azide groups is 1. The molecule has 4 rings (SSSR count). The Morgan fingerprint density at radius 1 is 1.18 bits per heavy atom. The SMILES string of the molecule is [N-]=[N+]=NCC1COC(=O)[C@@H]1c1ccc(N2CCN(C(=O)OCc3ccccc3)CC2)c(F)c1. The molecular formula is C23H24FN5O4. The highest BCUT2D eigenvalue weighted by atomic mass is 19.1. The molecule has 0 radical (unpaired) electrons. The van der Waals surface area contributed by atoms with E-state index < -0.39 is 17.7 Å². The van der Waals surface area contributed by atoms with Gasteiger partial charge in [-0.1, -0.05) is 41.5 Å². The van der Waals surface area contributed by atoms with Crippen LogP contribution >= 0.6 is 0 Å². The van der Waals surface area contributed by atoms with Gasteiger partial charge in [0, 0.05) is 43.6 Å². The molecule has 2 heterocycles. The molecule has 1 unspecified atom stereocenters. The largest absolute Gasteiger partial charge is 0.465 e. The number of hydrogen-bond donors (Lipinski definition) is 0. The summed E-state index contributed by atoms with van der Waals surface area (Å²) in [4.78, 5) is 30.7. The Kier molecular flexibility index (Phi) is 6.95. The lowest BCUT2D eigenvalue weighted by atomic mass is 9.88. The topological polar surface area (TPSA) is 108 Å². The van der Waals surface area contributed by atoms with Crippen molar-refractivity contribution in [1.29, 1.82) is 0 Å². The summed E-state index contributed by atoms with van der Waals surface area (Å²) in [5, 5.41) is 3.53. The van der Waals surface area contributed by atoms with Crippen molar-refractivity contribution in [2.75, 3.05) is 44.2 Å². The van der Waals surface area contributed by atoms with E-state index in [4.69, 9.17) is 15.0 Å². The van der Waals surface area contributed by atoms with E-state index in [9.17, 15) is 14.0 Å². The number of rotatable bonds is 6. The molecule has 2 saturated heterocycles. The first kappa shape index (κ1) is 22.4. The van der Waals surface area contributed by atoms with Crippen molar-refractivity contribution in [2.24, 2.45) is 11.0 Å². The van der Waals surface area contributed by atoms with Crippen LogP contribution < -0.4 is 4.90 Å². The monoisotopic (exact) mass is 453 g/mol. The summed E-state index contributed by atoms with van der Waals surface area (Å²) in [6.45, 7) is 2.21. The summed E-state index contributed by atoms with van der Waals surface area (Å²) in [7, 11) is 0. The van der Waals surface area contributed by atoms with Gasteiger partial charge < -0.3 is 19.3 Å². The Morgan fingerprint density at radius 2 is 1.94 bits per heavy atom. The van der Waals surface area contributed by atoms with Crippen LogP contribution in [0.1, 0.15) is 17.0 Å². The molecule has 0 aromatic heterocycles. The molecule has 2 aromatic carbocycles. The molecule has 2 atom stereocenters. The van der Waals surface area contributed by atoms with Crippen molar-refractivity contribution in [1.82, 2.24) is 4.90 Å². The first-order valence-electron chi connectivity index (χ1n) is 10.7. The van der Waals surface area contributed by atoms with Gasteiger partial charge in [-0.25, -0.2) is 9.18 Å². The fourth-order valence-corrected chi connectivity index (χ4v) is 4.19. The Bertz CT molecular complexity index is 1050. The fourth-order valence-electron chi connectivity index (χ4n) is 4.19. The highest BCUT2D eigenvalue weighted by Gasteiger charge is 2.38. The Hall–Kier alpha value is -3.78. The van der Waals surface area contributed by atoms with E-state index in [1.807, 2.05) is 35.2 Å². The minimum absolute atomic E-state index is 0.110. The van der Waals surface area contributed by atoms with E-state index in [0.29, 0.717) is 37.4 Å². The van der Waals surface area contributed by atoms with Gasteiger partial charge in [0.2, 0.25) is 0 Å². The number of benzene rings is 2. The lowest BCUT2D eigenvalue weighted by molar-refractivity contribution is -0.139. The van der Waals surface area contributed by atoms with Crippen LogP contribution in [0, 0.1) is 11.7 Å². The van der Waals surface area contributed by atoms with Crippen LogP contribution in [-0.4, -0.2) is 56.3 Å². The zero-order valence-corrected chi connectivity index (χ0v) is 18.0. The standard InChI is InChI=1S/C23H24FN5O4/c24-19-12-17(21-18(13-26-27-25)15-32-22(21)30)6-7-20(19)28-8-10-29(11-9-28)23(31)33-14-16-4-2-1-3-5-16/h1-7,12,18,21H,8-11,13-15H2/t18?,21-/m1/s1. The molecule has 1 amide bonds. The number of esters is 1. The minimum Gasteiger partial charge on any atom is -0.465 e. The van der Waals surface area contributed by atoms with Gasteiger partial charge >= 0.3 is 12.1 Å². The van der Waals surface area contributed by atoms with Crippen LogP contribution in [0.15, 0.2) is 53.6 Å². The molecule has 2 aliphatic heterocycles. The Labute approximate surface area is 190 Å². The zero-order chi connectivity index (χ0) is 23.2. The van der Waals surface area contributed by atoms with Crippen molar-refractivity contribution in [3.8, 4) is 0 Å². The normalized spacial score (nSPS) is 20.2. The zero-order valence-electron chi connectivity index (χ0n) is 18.0. The second-order valence-corrected chi connectivity index (χ2v) is 8.01. The van der Waals surface area contributed by atoms with E-state index in [1.54, 1.807) is 17.0 Å². The lowest BCUT2D eigenvalue weighted by Gasteiger charge is -2.35. The summed E-state index contributed by atoms with van der Waals surface area (Å²) in [6.07, 6.45) is -0.389. The molecule has 10 heteroatoms. The quantitative estimate of drug-likeness (QED) is 0.286. The number of hydrogen-bond acceptors (Lipinski definition) is 6. The molecule has 0 bridgehead atoms. The highest BCUT2D eigenvalue weighted by Crippen LogP contribution is 2.34. The second-order valence-electron chi connectivity index (χ2n) is 8.01. The molecule has 0 saturated carbocycles. The molecule has 2 aromatic rings. The average molecular weight is 453 g/mol. The van der Waals surface area contributed by atoms with Crippen molar-refractivity contribution in [3.63, 3.8) is 0 Å². The van der Waals surface area contributed by atoms with Gasteiger partial charge in [-0.15, -0.1) is 0 Å². The summed E-state index contributed by atoms with van der Waals surface area (Å²) in [6, 6.07) is 14.1. The van der Waals surface area contributed by atoms with Gasteiger partial charge in [0.25, 0.3) is 0 Å². The van der Waals surface area contributed by atoms with Crippen molar-refractivity contribution >= 4 is 17.7 Å². The van der Waals surface area contributed by atoms with Gasteiger partial charge in [-0.05, 0) is 28.8 Å². The third-order valence-electron chi connectivity index (χ3n) is 5.96. The van der Waals surface area contributed by atoms with Crippen LogP contribution in [0.3, 0.4) is 0 Å². The number of nitrogens with zero attached hydrogens (tertiary/aromatic N) is 5. The maximum absolute atomic E-state index is 15.0. The number of piperazine rings is 1. The van der Waals surface area contributed by atoms with E-state index >= 15 is 0 Å². The molecule has 9 nitrogen and oxygen atoms in total. The molecule has 0 N–H and O–H groups in total. The van der Waals surface area contributed by atoms with E-state index in [0.717, 1.165) is 5.56 Å². The molecule has 2 fully saturated rings. The summed E-state index contributed by atoms with van der Waals surface area (Å²) >= 11 is 0. The maximum atomic E-state index is 15.0.